The standard InChI is InChI=1S/C20H24O3/c1-5-14-20(2,3)23-19(21)17-12-7-6-10-15(17)16-11-8-9-13-18(16)22-4/h6-13H,5,14H2,1-4H3. The molecule has 3 heteroatoms. The summed E-state index contributed by atoms with van der Waals surface area (Å²) in [5.74, 6) is 0.436. The molecule has 0 spiro atoms. The molecule has 3 nitrogen and oxygen atoms in total. The van der Waals surface area contributed by atoms with Crippen LogP contribution in [0.1, 0.15) is 44.0 Å². The van der Waals surface area contributed by atoms with E-state index in [1.54, 1.807) is 13.2 Å². The maximum Gasteiger partial charge on any atom is 0.339 e. The molecular formula is C20H24O3. The summed E-state index contributed by atoms with van der Waals surface area (Å²) < 4.78 is 11.1. The topological polar surface area (TPSA) is 35.5 Å². The van der Waals surface area contributed by atoms with Gasteiger partial charge >= 0.3 is 5.97 Å². The first-order valence-electron chi connectivity index (χ1n) is 7.94. The molecule has 0 radical (unpaired) electrons. The zero-order valence-corrected chi connectivity index (χ0v) is 14.3. The molecule has 0 aliphatic rings. The van der Waals surface area contributed by atoms with Crippen LogP contribution in [0.2, 0.25) is 0 Å². The molecule has 23 heavy (non-hydrogen) atoms. The van der Waals surface area contributed by atoms with Crippen molar-refractivity contribution in [1.82, 2.24) is 0 Å². The second-order valence-corrected chi connectivity index (χ2v) is 6.15. The lowest BCUT2D eigenvalue weighted by atomic mass is 9.98. The van der Waals surface area contributed by atoms with Crippen molar-refractivity contribution in [3.8, 4) is 16.9 Å². The molecule has 0 heterocycles. The summed E-state index contributed by atoms with van der Waals surface area (Å²) in [5, 5.41) is 0. The predicted octanol–water partition coefficient (Wildman–Crippen LogP) is 5.10. The minimum absolute atomic E-state index is 0.301. The fourth-order valence-corrected chi connectivity index (χ4v) is 2.72. The number of rotatable bonds is 6. The lowest BCUT2D eigenvalue weighted by molar-refractivity contribution is -0.00463. The molecule has 0 atom stereocenters. The van der Waals surface area contributed by atoms with Gasteiger partial charge in [-0.15, -0.1) is 0 Å². The third-order valence-corrected chi connectivity index (χ3v) is 3.77. The second-order valence-electron chi connectivity index (χ2n) is 6.15. The number of methoxy groups -OCH3 is 1. The monoisotopic (exact) mass is 312 g/mol. The van der Waals surface area contributed by atoms with Crippen LogP contribution in [0.3, 0.4) is 0 Å². The van der Waals surface area contributed by atoms with Crippen LogP contribution in [-0.2, 0) is 4.74 Å². The second kappa shape index (κ2) is 7.32. The third-order valence-electron chi connectivity index (χ3n) is 3.77. The SMILES string of the molecule is CCCC(C)(C)OC(=O)c1ccccc1-c1ccccc1OC. The Morgan fingerprint density at radius 1 is 1.00 bits per heavy atom. The highest BCUT2D eigenvalue weighted by Gasteiger charge is 2.24. The van der Waals surface area contributed by atoms with Gasteiger partial charge in [-0.2, -0.15) is 0 Å². The Morgan fingerprint density at radius 2 is 1.61 bits per heavy atom. The molecular weight excluding hydrogens is 288 g/mol. The Kier molecular flexibility index (Phi) is 5.43. The van der Waals surface area contributed by atoms with E-state index in [9.17, 15) is 4.79 Å². The number of ether oxygens (including phenoxy) is 2. The number of esters is 1. The van der Waals surface area contributed by atoms with Gasteiger partial charge in [0.15, 0.2) is 0 Å². The van der Waals surface area contributed by atoms with Gasteiger partial charge in [0, 0.05) is 5.56 Å². The van der Waals surface area contributed by atoms with Crippen LogP contribution in [0.4, 0.5) is 0 Å². The van der Waals surface area contributed by atoms with Crippen molar-refractivity contribution >= 4 is 5.97 Å². The molecule has 0 amide bonds. The van der Waals surface area contributed by atoms with Gasteiger partial charge in [0.1, 0.15) is 11.4 Å². The number of para-hydroxylation sites is 1. The number of hydrogen-bond donors (Lipinski definition) is 0. The van der Waals surface area contributed by atoms with Gasteiger partial charge in [-0.05, 0) is 38.0 Å². The van der Waals surface area contributed by atoms with E-state index in [2.05, 4.69) is 6.92 Å². The fraction of sp³-hybridized carbons (Fsp3) is 0.350. The maximum absolute atomic E-state index is 12.7. The molecule has 2 aromatic rings. The molecule has 0 aliphatic heterocycles. The van der Waals surface area contributed by atoms with Crippen molar-refractivity contribution in [1.29, 1.82) is 0 Å². The van der Waals surface area contributed by atoms with Gasteiger partial charge in [0.05, 0.1) is 12.7 Å². The molecule has 122 valence electrons. The average Bonchev–Trinajstić information content (AvgIpc) is 2.54. The van der Waals surface area contributed by atoms with Crippen LogP contribution in [0.5, 0.6) is 5.75 Å². The number of benzene rings is 2. The van der Waals surface area contributed by atoms with Crippen molar-refractivity contribution in [3.05, 3.63) is 54.1 Å². The zero-order valence-electron chi connectivity index (χ0n) is 14.3. The summed E-state index contributed by atoms with van der Waals surface area (Å²) in [7, 11) is 1.63. The first kappa shape index (κ1) is 17.1. The van der Waals surface area contributed by atoms with E-state index in [0.717, 1.165) is 29.7 Å². The van der Waals surface area contributed by atoms with Crippen molar-refractivity contribution in [2.45, 2.75) is 39.2 Å². The van der Waals surface area contributed by atoms with Crippen molar-refractivity contribution < 1.29 is 14.3 Å². The highest BCUT2D eigenvalue weighted by Crippen LogP contribution is 2.33. The molecule has 0 fully saturated rings. The van der Waals surface area contributed by atoms with Crippen LogP contribution in [-0.4, -0.2) is 18.7 Å². The van der Waals surface area contributed by atoms with Crippen molar-refractivity contribution in [3.63, 3.8) is 0 Å². The average molecular weight is 312 g/mol. The van der Waals surface area contributed by atoms with E-state index >= 15 is 0 Å². The largest absolute Gasteiger partial charge is 0.496 e. The molecule has 0 saturated carbocycles. The Morgan fingerprint density at radius 3 is 2.26 bits per heavy atom. The summed E-state index contributed by atoms with van der Waals surface area (Å²) in [6.07, 6.45) is 1.80. The summed E-state index contributed by atoms with van der Waals surface area (Å²) in [6, 6.07) is 15.2. The minimum atomic E-state index is -0.473. The highest BCUT2D eigenvalue weighted by molar-refractivity contribution is 5.98. The number of hydrogen-bond acceptors (Lipinski definition) is 3. The molecule has 0 saturated heterocycles. The lowest BCUT2D eigenvalue weighted by Crippen LogP contribution is -2.28. The van der Waals surface area contributed by atoms with Gasteiger partial charge in [0.2, 0.25) is 0 Å². The highest BCUT2D eigenvalue weighted by atomic mass is 16.6. The smallest absolute Gasteiger partial charge is 0.339 e. The van der Waals surface area contributed by atoms with Crippen LogP contribution in [0.25, 0.3) is 11.1 Å². The minimum Gasteiger partial charge on any atom is -0.496 e. The summed E-state index contributed by atoms with van der Waals surface area (Å²) in [6.45, 7) is 5.97. The molecule has 0 unspecified atom stereocenters. The molecule has 0 aliphatic carbocycles. The molecule has 0 bridgehead atoms. The summed E-state index contributed by atoms with van der Waals surface area (Å²) in [5.41, 5.74) is 1.79. The Bertz CT molecular complexity index is 674. The quantitative estimate of drug-likeness (QED) is 0.696. The Hall–Kier alpha value is -2.29. The van der Waals surface area contributed by atoms with E-state index in [4.69, 9.17) is 9.47 Å². The molecule has 2 aromatic carbocycles. The predicted molar refractivity (Wildman–Crippen MR) is 92.8 cm³/mol. The van der Waals surface area contributed by atoms with E-state index in [1.807, 2.05) is 56.3 Å². The van der Waals surface area contributed by atoms with Crippen LogP contribution >= 0.6 is 0 Å². The van der Waals surface area contributed by atoms with Gasteiger partial charge in [-0.25, -0.2) is 4.79 Å². The molecule has 0 aromatic heterocycles. The van der Waals surface area contributed by atoms with Crippen molar-refractivity contribution in [2.75, 3.05) is 7.11 Å². The normalized spacial score (nSPS) is 11.1. The van der Waals surface area contributed by atoms with Gasteiger partial charge in [-0.3, -0.25) is 0 Å². The van der Waals surface area contributed by atoms with Gasteiger partial charge in [0.25, 0.3) is 0 Å². The van der Waals surface area contributed by atoms with Crippen LogP contribution < -0.4 is 4.74 Å². The van der Waals surface area contributed by atoms with E-state index in [0.29, 0.717) is 5.56 Å². The number of carbonyl (C=O) groups is 1. The van der Waals surface area contributed by atoms with Gasteiger partial charge < -0.3 is 9.47 Å². The summed E-state index contributed by atoms with van der Waals surface area (Å²) in [4.78, 5) is 12.7. The zero-order chi connectivity index (χ0) is 16.9. The molecule has 2 rings (SSSR count). The van der Waals surface area contributed by atoms with E-state index < -0.39 is 5.60 Å². The maximum atomic E-state index is 12.7. The molecule has 0 N–H and O–H groups in total. The van der Waals surface area contributed by atoms with Crippen LogP contribution in [0.15, 0.2) is 48.5 Å². The van der Waals surface area contributed by atoms with Crippen LogP contribution in [0, 0.1) is 0 Å². The Balaban J connectivity index is 2.40. The van der Waals surface area contributed by atoms with Gasteiger partial charge in [-0.1, -0.05) is 49.7 Å². The van der Waals surface area contributed by atoms with Crippen molar-refractivity contribution in [2.24, 2.45) is 0 Å². The van der Waals surface area contributed by atoms with E-state index in [-0.39, 0.29) is 5.97 Å². The Labute approximate surface area is 138 Å². The summed E-state index contributed by atoms with van der Waals surface area (Å²) >= 11 is 0. The first-order valence-corrected chi connectivity index (χ1v) is 7.94. The van der Waals surface area contributed by atoms with E-state index in [1.165, 1.54) is 0 Å². The first-order chi connectivity index (χ1) is 11.0. The number of carbonyl (C=O) groups excluding carboxylic acids is 1. The third kappa shape index (κ3) is 4.13. The fourth-order valence-electron chi connectivity index (χ4n) is 2.72. The lowest BCUT2D eigenvalue weighted by Gasteiger charge is -2.25.